The van der Waals surface area contributed by atoms with Crippen molar-refractivity contribution in [2.75, 3.05) is 0 Å². The van der Waals surface area contributed by atoms with Crippen LogP contribution in [0.5, 0.6) is 0 Å². The molecule has 0 saturated carbocycles. The van der Waals surface area contributed by atoms with Crippen LogP contribution < -0.4 is 0 Å². The molecule has 1 aromatic carbocycles. The molecular formula is C16H22O4. The molecule has 0 spiro atoms. The quantitative estimate of drug-likeness (QED) is 0.833. The monoisotopic (exact) mass is 278 g/mol. The molecule has 0 heterocycles. The second kappa shape index (κ2) is 6.07. The average molecular weight is 278 g/mol. The van der Waals surface area contributed by atoms with E-state index >= 15 is 0 Å². The Labute approximate surface area is 119 Å². The number of carboxylic acids is 1. The lowest BCUT2D eigenvalue weighted by atomic mass is 9.99. The van der Waals surface area contributed by atoms with Crippen molar-refractivity contribution in [1.82, 2.24) is 0 Å². The van der Waals surface area contributed by atoms with Crippen molar-refractivity contribution in [1.29, 1.82) is 0 Å². The topological polar surface area (TPSA) is 63.6 Å². The van der Waals surface area contributed by atoms with E-state index in [0.29, 0.717) is 0 Å². The first-order valence-electron chi connectivity index (χ1n) is 6.76. The van der Waals surface area contributed by atoms with Crippen molar-refractivity contribution in [2.45, 2.75) is 53.1 Å². The van der Waals surface area contributed by atoms with Crippen molar-refractivity contribution >= 4 is 11.9 Å². The molecule has 0 radical (unpaired) electrons. The summed E-state index contributed by atoms with van der Waals surface area (Å²) in [6.07, 6.45) is 1.62. The normalized spacial score (nSPS) is 11.2. The number of aryl methyl sites for hydroxylation is 2. The molecule has 0 amide bonds. The molecule has 1 N–H and O–H groups in total. The molecule has 4 heteroatoms. The number of carbonyl (C=O) groups excluding carboxylic acids is 1. The second-order valence-electron chi connectivity index (χ2n) is 5.69. The summed E-state index contributed by atoms with van der Waals surface area (Å²) in [4.78, 5) is 23.5. The van der Waals surface area contributed by atoms with Crippen LogP contribution in [-0.2, 0) is 4.74 Å². The predicted octanol–water partition coefficient (Wildman–Crippen LogP) is 3.74. The molecule has 1 rings (SSSR count). The summed E-state index contributed by atoms with van der Waals surface area (Å²) in [5, 5.41) is 9.22. The van der Waals surface area contributed by atoms with Gasteiger partial charge < -0.3 is 9.84 Å². The minimum atomic E-state index is -1.12. The fourth-order valence-corrected chi connectivity index (χ4v) is 2.12. The van der Waals surface area contributed by atoms with Gasteiger partial charge in [-0.3, -0.25) is 0 Å². The van der Waals surface area contributed by atoms with E-state index in [1.165, 1.54) is 6.07 Å². The van der Waals surface area contributed by atoms with Crippen molar-refractivity contribution in [2.24, 2.45) is 0 Å². The van der Waals surface area contributed by atoms with Crippen LogP contribution in [0.4, 0.5) is 0 Å². The van der Waals surface area contributed by atoms with Gasteiger partial charge in [0, 0.05) is 0 Å². The van der Waals surface area contributed by atoms with Crippen LogP contribution in [0.15, 0.2) is 12.1 Å². The Bertz CT molecular complexity index is 530. The Morgan fingerprint density at radius 1 is 1.15 bits per heavy atom. The molecule has 0 aliphatic rings. The first kappa shape index (κ1) is 16.2. The number of hydrogen-bond acceptors (Lipinski definition) is 3. The van der Waals surface area contributed by atoms with E-state index in [-0.39, 0.29) is 11.1 Å². The van der Waals surface area contributed by atoms with E-state index in [2.05, 4.69) is 0 Å². The Morgan fingerprint density at radius 2 is 1.65 bits per heavy atom. The summed E-state index contributed by atoms with van der Waals surface area (Å²) in [5.74, 6) is -1.70. The minimum absolute atomic E-state index is 0.00889. The lowest BCUT2D eigenvalue weighted by Gasteiger charge is -2.25. The molecule has 0 bridgehead atoms. The van der Waals surface area contributed by atoms with Gasteiger partial charge in [0.1, 0.15) is 5.60 Å². The maximum Gasteiger partial charge on any atom is 0.339 e. The third-order valence-corrected chi connectivity index (χ3v) is 3.31. The van der Waals surface area contributed by atoms with Gasteiger partial charge in [-0.15, -0.1) is 0 Å². The summed E-state index contributed by atoms with van der Waals surface area (Å²) in [6, 6.07) is 3.10. The van der Waals surface area contributed by atoms with Gasteiger partial charge in [0.2, 0.25) is 0 Å². The fourth-order valence-electron chi connectivity index (χ4n) is 2.12. The summed E-state index contributed by atoms with van der Waals surface area (Å²) >= 11 is 0. The number of ether oxygens (including phenoxy) is 1. The Morgan fingerprint density at radius 3 is 2.10 bits per heavy atom. The van der Waals surface area contributed by atoms with Crippen LogP contribution in [-0.4, -0.2) is 22.6 Å². The SMILES string of the molecule is CCCC(C)(C)OC(=O)c1cc(C)c(C)cc1C(=O)O. The van der Waals surface area contributed by atoms with E-state index in [9.17, 15) is 14.7 Å². The van der Waals surface area contributed by atoms with E-state index in [1.54, 1.807) is 6.07 Å². The lowest BCUT2D eigenvalue weighted by Crippen LogP contribution is -2.28. The zero-order valence-electron chi connectivity index (χ0n) is 12.7. The van der Waals surface area contributed by atoms with Crippen LogP contribution in [0.25, 0.3) is 0 Å². The van der Waals surface area contributed by atoms with E-state index in [4.69, 9.17) is 4.74 Å². The third-order valence-electron chi connectivity index (χ3n) is 3.31. The standard InChI is InChI=1S/C16H22O4/c1-6-7-16(4,5)20-15(19)13-9-11(3)10(2)8-12(13)14(17)18/h8-9H,6-7H2,1-5H3,(H,17,18). The second-order valence-corrected chi connectivity index (χ2v) is 5.69. The molecule has 0 saturated heterocycles. The number of esters is 1. The van der Waals surface area contributed by atoms with E-state index in [1.807, 2.05) is 34.6 Å². The molecule has 0 atom stereocenters. The smallest absolute Gasteiger partial charge is 0.339 e. The molecule has 20 heavy (non-hydrogen) atoms. The minimum Gasteiger partial charge on any atom is -0.478 e. The van der Waals surface area contributed by atoms with Gasteiger partial charge >= 0.3 is 11.9 Å². The first-order chi connectivity index (χ1) is 9.18. The number of benzene rings is 1. The molecule has 4 nitrogen and oxygen atoms in total. The Balaban J connectivity index is 3.15. The number of carbonyl (C=O) groups is 2. The summed E-state index contributed by atoms with van der Waals surface area (Å²) in [5.41, 5.74) is 1.22. The summed E-state index contributed by atoms with van der Waals surface area (Å²) in [7, 11) is 0. The molecule has 110 valence electrons. The van der Waals surface area contributed by atoms with Crippen LogP contribution in [0.1, 0.15) is 65.5 Å². The van der Waals surface area contributed by atoms with Gasteiger partial charge in [0.25, 0.3) is 0 Å². The highest BCUT2D eigenvalue weighted by atomic mass is 16.6. The van der Waals surface area contributed by atoms with Crippen LogP contribution in [0.3, 0.4) is 0 Å². The number of hydrogen-bond donors (Lipinski definition) is 1. The van der Waals surface area contributed by atoms with Crippen molar-refractivity contribution in [3.8, 4) is 0 Å². The van der Waals surface area contributed by atoms with Crippen LogP contribution in [0, 0.1) is 13.8 Å². The molecule has 0 aromatic heterocycles. The van der Waals surface area contributed by atoms with Gasteiger partial charge in [0.05, 0.1) is 11.1 Å². The molecule has 0 aliphatic heterocycles. The van der Waals surface area contributed by atoms with Crippen molar-refractivity contribution in [3.05, 3.63) is 34.4 Å². The van der Waals surface area contributed by atoms with Crippen molar-refractivity contribution in [3.63, 3.8) is 0 Å². The van der Waals surface area contributed by atoms with E-state index in [0.717, 1.165) is 24.0 Å². The highest BCUT2D eigenvalue weighted by molar-refractivity contribution is 6.02. The molecule has 0 aliphatic carbocycles. The number of rotatable bonds is 5. The lowest BCUT2D eigenvalue weighted by molar-refractivity contribution is -0.00502. The highest BCUT2D eigenvalue weighted by Crippen LogP contribution is 2.22. The van der Waals surface area contributed by atoms with Crippen LogP contribution in [0.2, 0.25) is 0 Å². The molecule has 0 fully saturated rings. The zero-order valence-corrected chi connectivity index (χ0v) is 12.7. The molecule has 1 aromatic rings. The highest BCUT2D eigenvalue weighted by Gasteiger charge is 2.26. The van der Waals surface area contributed by atoms with Gasteiger partial charge in [0.15, 0.2) is 0 Å². The van der Waals surface area contributed by atoms with Gasteiger partial charge in [-0.1, -0.05) is 13.3 Å². The average Bonchev–Trinajstić information content (AvgIpc) is 2.30. The third kappa shape index (κ3) is 3.83. The van der Waals surface area contributed by atoms with Gasteiger partial charge in [-0.2, -0.15) is 0 Å². The predicted molar refractivity (Wildman–Crippen MR) is 77.3 cm³/mol. The molecule has 0 unspecified atom stereocenters. The largest absolute Gasteiger partial charge is 0.478 e. The number of carboxylic acid groups (broad SMARTS) is 1. The summed E-state index contributed by atoms with van der Waals surface area (Å²) in [6.45, 7) is 9.33. The summed E-state index contributed by atoms with van der Waals surface area (Å²) < 4.78 is 5.45. The first-order valence-corrected chi connectivity index (χ1v) is 6.76. The van der Waals surface area contributed by atoms with Gasteiger partial charge in [-0.25, -0.2) is 9.59 Å². The Hall–Kier alpha value is -1.84. The molecular weight excluding hydrogens is 256 g/mol. The maximum atomic E-state index is 12.2. The van der Waals surface area contributed by atoms with E-state index < -0.39 is 17.5 Å². The van der Waals surface area contributed by atoms with Crippen LogP contribution >= 0.6 is 0 Å². The zero-order chi connectivity index (χ0) is 15.5. The van der Waals surface area contributed by atoms with Crippen molar-refractivity contribution < 1.29 is 19.4 Å². The Kier molecular flexibility index (Phi) is 4.93. The maximum absolute atomic E-state index is 12.2. The fraction of sp³-hybridized carbons (Fsp3) is 0.500. The van der Waals surface area contributed by atoms with Gasteiger partial charge in [-0.05, 0) is 57.4 Å². The number of aromatic carboxylic acids is 1.